The molecule has 2 fully saturated rings. The SMILES string of the molecule is COc1ccc(C#N)cc1NC(=O)Nc1ccc([C@@H]2CNCCO2)cc1Br.N#Cc1ccc(F)c(NC(=O)Nc2ccc([C@@H]3CNCCO3)cc2F)c1.NC(N)=O. The van der Waals surface area contributed by atoms with E-state index in [0.29, 0.717) is 48.0 Å². The number of nitrogens with zero attached hydrogens (tertiary/aromatic N) is 2. The molecule has 6 amide bonds. The van der Waals surface area contributed by atoms with Crippen molar-refractivity contribution < 1.29 is 37.4 Å². The quantitative estimate of drug-likeness (QED) is 0.111. The first-order valence-electron chi connectivity index (χ1n) is 17.1. The fourth-order valence-corrected chi connectivity index (χ4v) is 5.84. The van der Waals surface area contributed by atoms with Crippen LogP contribution in [0.1, 0.15) is 34.5 Å². The molecule has 57 heavy (non-hydrogen) atoms. The molecule has 2 atom stereocenters. The molecule has 2 saturated heterocycles. The number of nitrogens with two attached hydrogens (primary N) is 2. The second kappa shape index (κ2) is 21.7. The van der Waals surface area contributed by atoms with E-state index < -0.39 is 29.7 Å². The normalized spacial score (nSPS) is 15.7. The molecular formula is C38H39BrF2N10O6. The molecule has 2 aliphatic heterocycles. The largest absolute Gasteiger partial charge is 0.495 e. The zero-order valence-corrected chi connectivity index (χ0v) is 32.0. The number of amides is 6. The molecule has 0 bridgehead atoms. The maximum absolute atomic E-state index is 14.3. The molecular weight excluding hydrogens is 810 g/mol. The number of halogens is 3. The van der Waals surface area contributed by atoms with Crippen molar-refractivity contribution in [1.82, 2.24) is 10.6 Å². The van der Waals surface area contributed by atoms with Gasteiger partial charge in [-0.3, -0.25) is 0 Å². The summed E-state index contributed by atoms with van der Waals surface area (Å²) in [5.74, 6) is -0.851. The number of carbonyl (C=O) groups is 3. The van der Waals surface area contributed by atoms with Gasteiger partial charge in [0.1, 0.15) is 17.4 Å². The lowest BCUT2D eigenvalue weighted by Gasteiger charge is -2.24. The molecule has 4 aromatic carbocycles. The van der Waals surface area contributed by atoms with Gasteiger partial charge in [-0.15, -0.1) is 0 Å². The molecule has 4 aromatic rings. The average Bonchev–Trinajstić information content (AvgIpc) is 3.21. The summed E-state index contributed by atoms with van der Waals surface area (Å²) < 4.78 is 45.2. The van der Waals surface area contributed by atoms with E-state index in [1.54, 1.807) is 24.3 Å². The maximum Gasteiger partial charge on any atom is 0.323 e. The summed E-state index contributed by atoms with van der Waals surface area (Å²) in [6.45, 7) is 4.17. The molecule has 16 nitrogen and oxygen atoms in total. The van der Waals surface area contributed by atoms with E-state index in [-0.39, 0.29) is 29.1 Å². The van der Waals surface area contributed by atoms with E-state index in [2.05, 4.69) is 59.3 Å². The van der Waals surface area contributed by atoms with Crippen LogP contribution < -0.4 is 48.1 Å². The van der Waals surface area contributed by atoms with Crippen molar-refractivity contribution in [2.45, 2.75) is 12.2 Å². The Morgan fingerprint density at radius 1 is 0.719 bits per heavy atom. The van der Waals surface area contributed by atoms with Crippen LogP contribution in [-0.2, 0) is 9.47 Å². The van der Waals surface area contributed by atoms with Crippen molar-refractivity contribution in [1.29, 1.82) is 10.5 Å². The highest BCUT2D eigenvalue weighted by Gasteiger charge is 2.19. The number of primary amides is 2. The van der Waals surface area contributed by atoms with Crippen LogP contribution in [-0.4, -0.2) is 64.6 Å². The lowest BCUT2D eigenvalue weighted by molar-refractivity contribution is 0.0275. The number of anilines is 4. The molecule has 298 valence electrons. The molecule has 0 radical (unpaired) electrons. The Labute approximate surface area is 334 Å². The summed E-state index contributed by atoms with van der Waals surface area (Å²) in [7, 11) is 1.50. The standard InChI is InChI=1S/C19H19BrN4O3.C18H16F2N4O2.CH4N2O/c1-26-17-5-2-12(10-21)8-16(17)24-19(25)23-15-4-3-13(9-14(15)20)18-11-22-6-7-27-18;19-13-3-1-11(9-21)7-16(13)24-18(25)23-15-4-2-12(8-14(15)20)17-10-22-5-6-26-17;2-1(3)4/h2-5,8-9,18,22H,6-7,11H2,1H3,(H2,23,24,25);1-4,7-8,17,22H,5-6,10H2,(H2,23,24,25);(H4,2,3,4)/t18-;17-;/m00./s1. The Hall–Kier alpha value is -6.35. The van der Waals surface area contributed by atoms with Crippen LogP contribution in [0, 0.1) is 34.3 Å². The molecule has 6 rings (SSSR count). The number of carbonyl (C=O) groups excluding carboxylic acids is 3. The summed E-state index contributed by atoms with van der Waals surface area (Å²) >= 11 is 3.49. The predicted molar refractivity (Wildman–Crippen MR) is 212 cm³/mol. The monoisotopic (exact) mass is 848 g/mol. The lowest BCUT2D eigenvalue weighted by Crippen LogP contribution is -2.33. The zero-order valence-electron chi connectivity index (χ0n) is 30.5. The van der Waals surface area contributed by atoms with E-state index in [9.17, 15) is 18.4 Å². The van der Waals surface area contributed by atoms with Crippen molar-refractivity contribution in [2.75, 3.05) is 67.8 Å². The van der Waals surface area contributed by atoms with Gasteiger partial charge < -0.3 is 57.6 Å². The highest BCUT2D eigenvalue weighted by atomic mass is 79.9. The maximum atomic E-state index is 14.3. The summed E-state index contributed by atoms with van der Waals surface area (Å²) in [6.07, 6.45) is -0.250. The third-order valence-corrected chi connectivity index (χ3v) is 8.66. The fourth-order valence-electron chi connectivity index (χ4n) is 5.34. The number of rotatable bonds is 7. The fraction of sp³-hybridized carbons (Fsp3) is 0.237. The second-order valence-corrected chi connectivity index (χ2v) is 12.9. The Balaban J connectivity index is 0.000000231. The molecule has 0 spiro atoms. The molecule has 10 N–H and O–H groups in total. The molecule has 2 aliphatic rings. The zero-order chi connectivity index (χ0) is 41.3. The van der Waals surface area contributed by atoms with Gasteiger partial charge in [-0.1, -0.05) is 12.1 Å². The Morgan fingerprint density at radius 2 is 1.21 bits per heavy atom. The van der Waals surface area contributed by atoms with Gasteiger partial charge in [0, 0.05) is 30.7 Å². The highest BCUT2D eigenvalue weighted by Crippen LogP contribution is 2.30. The van der Waals surface area contributed by atoms with Gasteiger partial charge in [0.05, 0.1) is 78.5 Å². The predicted octanol–water partition coefficient (Wildman–Crippen LogP) is 5.80. The Bertz CT molecular complexity index is 2130. The summed E-state index contributed by atoms with van der Waals surface area (Å²) in [5, 5.41) is 34.4. The van der Waals surface area contributed by atoms with E-state index in [1.165, 1.54) is 31.4 Å². The van der Waals surface area contributed by atoms with Crippen LogP contribution in [0.25, 0.3) is 0 Å². The Kier molecular flexibility index (Phi) is 16.5. The molecule has 19 heteroatoms. The molecule has 0 unspecified atom stereocenters. The van der Waals surface area contributed by atoms with Crippen LogP contribution in [0.2, 0.25) is 0 Å². The smallest absolute Gasteiger partial charge is 0.323 e. The lowest BCUT2D eigenvalue weighted by atomic mass is 10.1. The molecule has 0 aliphatic carbocycles. The van der Waals surface area contributed by atoms with E-state index >= 15 is 0 Å². The van der Waals surface area contributed by atoms with E-state index in [4.69, 9.17) is 29.5 Å². The minimum atomic E-state index is -0.833. The number of nitriles is 2. The van der Waals surface area contributed by atoms with Crippen molar-refractivity contribution in [2.24, 2.45) is 11.5 Å². The minimum Gasteiger partial charge on any atom is -0.495 e. The first-order chi connectivity index (χ1) is 27.4. The van der Waals surface area contributed by atoms with Crippen LogP contribution >= 0.6 is 15.9 Å². The first kappa shape index (κ1) is 43.4. The van der Waals surface area contributed by atoms with Gasteiger partial charge in [0.2, 0.25) is 0 Å². The number of nitrogens with one attached hydrogen (secondary N) is 6. The number of ether oxygens (including phenoxy) is 3. The molecule has 0 aromatic heterocycles. The van der Waals surface area contributed by atoms with Crippen molar-refractivity contribution in [3.05, 3.63) is 111 Å². The van der Waals surface area contributed by atoms with Crippen LogP contribution in [0.4, 0.5) is 45.9 Å². The topological polar surface area (TPSA) is 251 Å². The van der Waals surface area contributed by atoms with Gasteiger partial charge in [0.15, 0.2) is 0 Å². The number of methoxy groups -OCH3 is 1. The van der Waals surface area contributed by atoms with Gasteiger partial charge >= 0.3 is 18.1 Å². The van der Waals surface area contributed by atoms with Crippen LogP contribution in [0.3, 0.4) is 0 Å². The van der Waals surface area contributed by atoms with Crippen LogP contribution in [0.15, 0.2) is 77.3 Å². The average molecular weight is 850 g/mol. The number of hydrogen-bond acceptors (Lipinski definition) is 10. The summed E-state index contributed by atoms with van der Waals surface area (Å²) in [5.41, 5.74) is 11.6. The summed E-state index contributed by atoms with van der Waals surface area (Å²) in [6, 6.07) is 20.2. The van der Waals surface area contributed by atoms with Gasteiger partial charge in [-0.2, -0.15) is 10.5 Å². The van der Waals surface area contributed by atoms with Crippen molar-refractivity contribution in [3.8, 4) is 17.9 Å². The third-order valence-electron chi connectivity index (χ3n) is 8.00. The number of urea groups is 3. The Morgan fingerprint density at radius 3 is 1.72 bits per heavy atom. The van der Waals surface area contributed by atoms with E-state index in [0.717, 1.165) is 35.7 Å². The molecule has 2 heterocycles. The first-order valence-corrected chi connectivity index (χ1v) is 17.9. The highest BCUT2D eigenvalue weighted by molar-refractivity contribution is 9.10. The van der Waals surface area contributed by atoms with Gasteiger partial charge in [-0.25, -0.2) is 23.2 Å². The summed E-state index contributed by atoms with van der Waals surface area (Å²) in [4.78, 5) is 33.4. The van der Waals surface area contributed by atoms with Gasteiger partial charge in [0.25, 0.3) is 0 Å². The van der Waals surface area contributed by atoms with Crippen LogP contribution in [0.5, 0.6) is 5.75 Å². The molecule has 0 saturated carbocycles. The van der Waals surface area contributed by atoms with Crippen molar-refractivity contribution in [3.63, 3.8) is 0 Å². The van der Waals surface area contributed by atoms with Crippen molar-refractivity contribution >= 4 is 56.8 Å². The number of morpholine rings is 2. The second-order valence-electron chi connectivity index (χ2n) is 12.0. The van der Waals surface area contributed by atoms with Gasteiger partial charge in [-0.05, 0) is 87.7 Å². The number of hydrogen-bond donors (Lipinski definition) is 8. The number of benzene rings is 4. The minimum absolute atomic E-state index is 0.00379. The third kappa shape index (κ3) is 13.4. The van der Waals surface area contributed by atoms with E-state index in [1.807, 2.05) is 30.3 Å².